The number of aliphatic hydroxyl groups is 1. The smallest absolute Gasteiger partial charge is 0.301 e. The van der Waals surface area contributed by atoms with Crippen molar-refractivity contribution in [1.82, 2.24) is 5.16 Å². The van der Waals surface area contributed by atoms with Crippen LogP contribution in [-0.4, -0.2) is 42.8 Å². The summed E-state index contributed by atoms with van der Waals surface area (Å²) in [4.78, 5) is 27.6. The molecule has 34 heavy (non-hydrogen) atoms. The quantitative estimate of drug-likeness (QED) is 0.317. The Morgan fingerprint density at radius 3 is 2.35 bits per heavy atom. The SMILES string of the molecule is CCOc1ccc(/C(O)=C2\C(=O)C(=O)N(c3cc(C)on3)C2c2cc(OC)ccc2OC)cc1. The standard InChI is InChI=1S/C25H24N2O7/c1-5-33-16-8-6-15(7-9-16)23(28)21-22(18-13-17(31-3)10-11-19(18)32-4)27(25(30)24(21)29)20-12-14(2)34-26-20/h6-13,22,28H,5H2,1-4H3/b23-21+. The maximum Gasteiger partial charge on any atom is 0.301 e. The van der Waals surface area contributed by atoms with E-state index in [-0.39, 0.29) is 17.2 Å². The zero-order chi connectivity index (χ0) is 24.4. The van der Waals surface area contributed by atoms with E-state index in [1.807, 2.05) is 6.92 Å². The highest BCUT2D eigenvalue weighted by Crippen LogP contribution is 2.45. The Morgan fingerprint density at radius 1 is 1.06 bits per heavy atom. The van der Waals surface area contributed by atoms with Gasteiger partial charge in [0, 0.05) is 17.2 Å². The molecule has 0 radical (unpaired) electrons. The Balaban J connectivity index is 1.95. The average molecular weight is 464 g/mol. The van der Waals surface area contributed by atoms with Crippen molar-refractivity contribution in [2.45, 2.75) is 19.9 Å². The Kier molecular flexibility index (Phi) is 6.27. The summed E-state index contributed by atoms with van der Waals surface area (Å²) in [7, 11) is 2.98. The molecule has 1 aliphatic heterocycles. The van der Waals surface area contributed by atoms with Crippen molar-refractivity contribution in [2.24, 2.45) is 0 Å². The van der Waals surface area contributed by atoms with E-state index in [0.717, 1.165) is 0 Å². The van der Waals surface area contributed by atoms with Crippen LogP contribution in [0, 0.1) is 6.92 Å². The first-order valence-corrected chi connectivity index (χ1v) is 10.6. The number of ketones is 1. The summed E-state index contributed by atoms with van der Waals surface area (Å²) < 4.78 is 21.5. The van der Waals surface area contributed by atoms with Crippen molar-refractivity contribution in [1.29, 1.82) is 0 Å². The van der Waals surface area contributed by atoms with Crippen LogP contribution in [0.1, 0.15) is 29.9 Å². The van der Waals surface area contributed by atoms with Gasteiger partial charge in [-0.15, -0.1) is 0 Å². The number of hydrogen-bond donors (Lipinski definition) is 1. The molecule has 176 valence electrons. The number of hydrogen-bond acceptors (Lipinski definition) is 8. The lowest BCUT2D eigenvalue weighted by atomic mass is 9.94. The highest BCUT2D eigenvalue weighted by atomic mass is 16.5. The van der Waals surface area contributed by atoms with Crippen molar-refractivity contribution in [2.75, 3.05) is 25.7 Å². The van der Waals surface area contributed by atoms with Gasteiger partial charge in [0.25, 0.3) is 5.78 Å². The van der Waals surface area contributed by atoms with E-state index >= 15 is 0 Å². The Morgan fingerprint density at radius 2 is 1.76 bits per heavy atom. The second-order valence-electron chi connectivity index (χ2n) is 7.53. The number of anilines is 1. The molecule has 1 aromatic heterocycles. The molecule has 1 saturated heterocycles. The first kappa shape index (κ1) is 22.9. The molecule has 0 saturated carbocycles. The maximum atomic E-state index is 13.3. The monoisotopic (exact) mass is 464 g/mol. The molecule has 1 fully saturated rings. The number of amides is 1. The van der Waals surface area contributed by atoms with Crippen LogP contribution in [0.2, 0.25) is 0 Å². The number of methoxy groups -OCH3 is 2. The van der Waals surface area contributed by atoms with Crippen LogP contribution in [0.15, 0.2) is 58.6 Å². The number of aliphatic hydroxyl groups excluding tert-OH is 1. The molecule has 4 rings (SSSR count). The second kappa shape index (κ2) is 9.30. The van der Waals surface area contributed by atoms with Gasteiger partial charge < -0.3 is 23.8 Å². The summed E-state index contributed by atoms with van der Waals surface area (Å²) in [6, 6.07) is 12.1. The van der Waals surface area contributed by atoms with Gasteiger partial charge in [0.05, 0.1) is 26.4 Å². The van der Waals surface area contributed by atoms with Crippen LogP contribution >= 0.6 is 0 Å². The molecule has 1 aliphatic rings. The molecule has 9 nitrogen and oxygen atoms in total. The fourth-order valence-electron chi connectivity index (χ4n) is 3.91. The highest BCUT2D eigenvalue weighted by Gasteiger charge is 2.49. The molecule has 0 bridgehead atoms. The summed E-state index contributed by atoms with van der Waals surface area (Å²) in [5.41, 5.74) is 0.681. The normalized spacial score (nSPS) is 17.2. The minimum atomic E-state index is -1.04. The van der Waals surface area contributed by atoms with Crippen molar-refractivity contribution >= 4 is 23.3 Å². The molecule has 1 atom stereocenters. The molecule has 1 N–H and O–H groups in total. The third-order valence-corrected chi connectivity index (χ3v) is 5.48. The van der Waals surface area contributed by atoms with Gasteiger partial charge in [-0.3, -0.25) is 14.5 Å². The number of carbonyl (C=O) groups excluding carboxylic acids is 2. The molecule has 0 spiro atoms. The molecule has 2 aromatic carbocycles. The van der Waals surface area contributed by atoms with Crippen LogP contribution in [0.3, 0.4) is 0 Å². The molecule has 3 aromatic rings. The lowest BCUT2D eigenvalue weighted by Crippen LogP contribution is -2.30. The number of carbonyl (C=O) groups is 2. The fourth-order valence-corrected chi connectivity index (χ4v) is 3.91. The summed E-state index contributed by atoms with van der Waals surface area (Å²) >= 11 is 0. The minimum Gasteiger partial charge on any atom is -0.507 e. The predicted molar refractivity (Wildman–Crippen MR) is 123 cm³/mol. The molecular weight excluding hydrogens is 440 g/mol. The van der Waals surface area contributed by atoms with Crippen molar-refractivity contribution in [3.05, 3.63) is 71.0 Å². The van der Waals surface area contributed by atoms with E-state index in [9.17, 15) is 14.7 Å². The van der Waals surface area contributed by atoms with E-state index in [1.54, 1.807) is 55.5 Å². The van der Waals surface area contributed by atoms with E-state index in [4.69, 9.17) is 18.7 Å². The third kappa shape index (κ3) is 3.96. The molecule has 1 unspecified atom stereocenters. The van der Waals surface area contributed by atoms with Gasteiger partial charge >= 0.3 is 5.91 Å². The largest absolute Gasteiger partial charge is 0.507 e. The molecular formula is C25H24N2O7. The van der Waals surface area contributed by atoms with E-state index in [1.165, 1.54) is 19.1 Å². The van der Waals surface area contributed by atoms with E-state index in [2.05, 4.69) is 5.16 Å². The van der Waals surface area contributed by atoms with Crippen LogP contribution < -0.4 is 19.1 Å². The number of aromatic nitrogens is 1. The molecule has 2 heterocycles. The Bertz CT molecular complexity index is 1260. The topological polar surface area (TPSA) is 111 Å². The van der Waals surface area contributed by atoms with Crippen LogP contribution in [0.4, 0.5) is 5.82 Å². The first-order valence-electron chi connectivity index (χ1n) is 10.6. The second-order valence-corrected chi connectivity index (χ2v) is 7.53. The van der Waals surface area contributed by atoms with Crippen LogP contribution in [-0.2, 0) is 9.59 Å². The lowest BCUT2D eigenvalue weighted by molar-refractivity contribution is -0.132. The third-order valence-electron chi connectivity index (χ3n) is 5.48. The summed E-state index contributed by atoms with van der Waals surface area (Å²) in [5.74, 6) is 0.0504. The summed E-state index contributed by atoms with van der Waals surface area (Å²) in [6.07, 6.45) is 0. The number of ether oxygens (including phenoxy) is 3. The maximum absolute atomic E-state index is 13.3. The number of rotatable bonds is 7. The number of aryl methyl sites for hydroxylation is 1. The van der Waals surface area contributed by atoms with E-state index < -0.39 is 17.7 Å². The fraction of sp³-hybridized carbons (Fsp3) is 0.240. The van der Waals surface area contributed by atoms with E-state index in [0.29, 0.717) is 40.7 Å². The number of Topliss-reactive ketones (excluding diaryl/α,β-unsaturated/α-hetero) is 1. The highest BCUT2D eigenvalue weighted by molar-refractivity contribution is 6.51. The Labute approximate surface area is 196 Å². The van der Waals surface area contributed by atoms with Gasteiger partial charge in [-0.2, -0.15) is 0 Å². The lowest BCUT2D eigenvalue weighted by Gasteiger charge is -2.24. The van der Waals surface area contributed by atoms with Gasteiger partial charge in [-0.05, 0) is 56.3 Å². The average Bonchev–Trinajstić information content (AvgIpc) is 3.39. The Hall–Kier alpha value is -4.27. The van der Waals surface area contributed by atoms with Gasteiger partial charge in [-0.1, -0.05) is 5.16 Å². The zero-order valence-electron chi connectivity index (χ0n) is 19.2. The number of nitrogens with zero attached hydrogens (tertiary/aromatic N) is 2. The summed E-state index contributed by atoms with van der Waals surface area (Å²) in [6.45, 7) is 4.03. The van der Waals surface area contributed by atoms with Gasteiger partial charge in [-0.25, -0.2) is 0 Å². The van der Waals surface area contributed by atoms with Crippen LogP contribution in [0.5, 0.6) is 17.2 Å². The minimum absolute atomic E-state index is 0.110. The van der Waals surface area contributed by atoms with Crippen molar-refractivity contribution in [3.63, 3.8) is 0 Å². The zero-order valence-corrected chi connectivity index (χ0v) is 19.2. The molecule has 9 heteroatoms. The number of benzene rings is 2. The van der Waals surface area contributed by atoms with Gasteiger partial charge in [0.2, 0.25) is 0 Å². The van der Waals surface area contributed by atoms with Crippen molar-refractivity contribution < 1.29 is 33.4 Å². The summed E-state index contributed by atoms with van der Waals surface area (Å²) in [5, 5.41) is 15.2. The van der Waals surface area contributed by atoms with Gasteiger partial charge in [0.1, 0.15) is 34.8 Å². The molecule has 0 aliphatic carbocycles. The van der Waals surface area contributed by atoms with Crippen molar-refractivity contribution in [3.8, 4) is 17.2 Å². The first-order chi connectivity index (χ1) is 16.4. The van der Waals surface area contributed by atoms with Crippen LogP contribution in [0.25, 0.3) is 5.76 Å². The molecule has 1 amide bonds. The predicted octanol–water partition coefficient (Wildman–Crippen LogP) is 4.03. The van der Waals surface area contributed by atoms with Gasteiger partial charge in [0.15, 0.2) is 5.82 Å².